The molecule has 2 heterocycles. The van der Waals surface area contributed by atoms with E-state index in [4.69, 9.17) is 0 Å². The minimum absolute atomic E-state index is 0.0768. The minimum Gasteiger partial charge on any atom is -0.354 e. The van der Waals surface area contributed by atoms with Crippen molar-refractivity contribution in [2.75, 3.05) is 19.6 Å². The Morgan fingerprint density at radius 3 is 2.56 bits per heavy atom. The van der Waals surface area contributed by atoms with E-state index in [-0.39, 0.29) is 19.0 Å². The van der Waals surface area contributed by atoms with Crippen molar-refractivity contribution in [2.45, 2.75) is 19.0 Å². The Kier molecular flexibility index (Phi) is 2.36. The molecule has 0 radical (unpaired) electrons. The van der Waals surface area contributed by atoms with Crippen LogP contribution in [0.3, 0.4) is 0 Å². The first-order chi connectivity index (χ1) is 7.35. The predicted molar refractivity (Wildman–Crippen MR) is 47.3 cm³/mol. The van der Waals surface area contributed by atoms with Crippen LogP contribution in [0.25, 0.3) is 0 Å². The molecule has 90 valence electrons. The van der Waals surface area contributed by atoms with Gasteiger partial charge in [0.25, 0.3) is 0 Å². The van der Waals surface area contributed by atoms with Gasteiger partial charge in [0.2, 0.25) is 5.91 Å². The molecule has 2 fully saturated rings. The number of β-lactam (4-membered cyclic amide) rings is 1. The number of nitrogens with one attached hydrogen (secondary N) is 1. The molecule has 2 aliphatic rings. The van der Waals surface area contributed by atoms with E-state index in [0.717, 1.165) is 4.90 Å². The molecule has 2 amide bonds. The van der Waals surface area contributed by atoms with E-state index in [2.05, 4.69) is 5.32 Å². The standard InChI is InChI=1S/C9H11F3N2O2/c10-9(11,12)7(16)14-3-1-2-8(5-14)4-13-6(8)15/h1-5H2,(H,13,15). The van der Waals surface area contributed by atoms with Crippen LogP contribution in [-0.4, -0.2) is 42.5 Å². The van der Waals surface area contributed by atoms with E-state index in [9.17, 15) is 22.8 Å². The van der Waals surface area contributed by atoms with Gasteiger partial charge in [0, 0.05) is 19.6 Å². The maximum absolute atomic E-state index is 12.2. The lowest BCUT2D eigenvalue weighted by atomic mass is 9.74. The Bertz CT molecular complexity index is 342. The molecule has 2 aliphatic heterocycles. The summed E-state index contributed by atoms with van der Waals surface area (Å²) in [7, 11) is 0. The van der Waals surface area contributed by atoms with E-state index < -0.39 is 17.5 Å². The zero-order valence-corrected chi connectivity index (χ0v) is 8.43. The zero-order chi connectivity index (χ0) is 12.0. The number of likely N-dealkylation sites (tertiary alicyclic amines) is 1. The zero-order valence-electron chi connectivity index (χ0n) is 8.43. The average Bonchev–Trinajstić information content (AvgIpc) is 2.25. The van der Waals surface area contributed by atoms with E-state index in [1.54, 1.807) is 0 Å². The van der Waals surface area contributed by atoms with Gasteiger partial charge in [-0.3, -0.25) is 9.59 Å². The molecule has 16 heavy (non-hydrogen) atoms. The Hall–Kier alpha value is -1.27. The Labute approximate surface area is 89.8 Å². The topological polar surface area (TPSA) is 49.4 Å². The fourth-order valence-corrected chi connectivity index (χ4v) is 2.22. The normalized spacial score (nSPS) is 29.9. The fraction of sp³-hybridized carbons (Fsp3) is 0.778. The summed E-state index contributed by atoms with van der Waals surface area (Å²) < 4.78 is 36.6. The smallest absolute Gasteiger partial charge is 0.354 e. The third kappa shape index (κ3) is 1.64. The first-order valence-electron chi connectivity index (χ1n) is 5.00. The highest BCUT2D eigenvalue weighted by Crippen LogP contribution is 2.36. The molecule has 1 atom stereocenters. The third-order valence-corrected chi connectivity index (χ3v) is 3.18. The fourth-order valence-electron chi connectivity index (χ4n) is 2.22. The van der Waals surface area contributed by atoms with Crippen molar-refractivity contribution in [3.8, 4) is 0 Å². The van der Waals surface area contributed by atoms with Gasteiger partial charge in [-0.1, -0.05) is 0 Å². The number of hydrogen-bond acceptors (Lipinski definition) is 2. The molecular formula is C9H11F3N2O2. The van der Waals surface area contributed by atoms with Gasteiger partial charge >= 0.3 is 12.1 Å². The lowest BCUT2D eigenvalue weighted by Crippen LogP contribution is -2.66. The van der Waals surface area contributed by atoms with Crippen molar-refractivity contribution in [1.82, 2.24) is 10.2 Å². The number of alkyl halides is 3. The summed E-state index contributed by atoms with van der Waals surface area (Å²) in [5, 5.41) is 2.51. The van der Waals surface area contributed by atoms with Crippen LogP contribution in [0.4, 0.5) is 13.2 Å². The molecule has 7 heteroatoms. The Morgan fingerprint density at radius 2 is 2.12 bits per heavy atom. The van der Waals surface area contributed by atoms with Crippen LogP contribution < -0.4 is 5.32 Å². The highest BCUT2D eigenvalue weighted by atomic mass is 19.4. The summed E-state index contributed by atoms with van der Waals surface area (Å²) in [5.74, 6) is -2.08. The second-order valence-electron chi connectivity index (χ2n) is 4.29. The molecule has 4 nitrogen and oxygen atoms in total. The second kappa shape index (κ2) is 3.36. The van der Waals surface area contributed by atoms with Gasteiger partial charge in [0.15, 0.2) is 0 Å². The quantitative estimate of drug-likeness (QED) is 0.614. The van der Waals surface area contributed by atoms with Crippen molar-refractivity contribution >= 4 is 11.8 Å². The summed E-state index contributed by atoms with van der Waals surface area (Å²) >= 11 is 0. The van der Waals surface area contributed by atoms with Gasteiger partial charge in [-0.25, -0.2) is 0 Å². The SMILES string of the molecule is O=C(N1CCCC2(CNC2=O)C1)C(F)(F)F. The average molecular weight is 236 g/mol. The maximum atomic E-state index is 12.2. The first-order valence-corrected chi connectivity index (χ1v) is 5.00. The largest absolute Gasteiger partial charge is 0.471 e. The molecule has 0 aromatic rings. The lowest BCUT2D eigenvalue weighted by Gasteiger charge is -2.47. The number of piperidine rings is 1. The molecule has 0 saturated carbocycles. The number of carbonyl (C=O) groups is 2. The van der Waals surface area contributed by atoms with Crippen molar-refractivity contribution in [1.29, 1.82) is 0 Å². The summed E-state index contributed by atoms with van der Waals surface area (Å²) in [6.07, 6.45) is -3.85. The van der Waals surface area contributed by atoms with Crippen molar-refractivity contribution in [2.24, 2.45) is 5.41 Å². The molecule has 0 aromatic carbocycles. The summed E-state index contributed by atoms with van der Waals surface area (Å²) in [6.45, 7) is 0.331. The van der Waals surface area contributed by atoms with Gasteiger partial charge in [0.05, 0.1) is 5.41 Å². The molecule has 0 aromatic heterocycles. The number of halogens is 3. The van der Waals surface area contributed by atoms with Gasteiger partial charge < -0.3 is 10.2 Å². The highest BCUT2D eigenvalue weighted by Gasteiger charge is 2.52. The Balaban J connectivity index is 2.08. The van der Waals surface area contributed by atoms with Crippen LogP contribution in [0, 0.1) is 5.41 Å². The number of hydrogen-bond donors (Lipinski definition) is 1. The number of amides is 2. The predicted octanol–water partition coefficient (Wildman–Crippen LogP) is 0.287. The van der Waals surface area contributed by atoms with E-state index in [1.165, 1.54) is 0 Å². The van der Waals surface area contributed by atoms with Crippen molar-refractivity contribution in [3.63, 3.8) is 0 Å². The second-order valence-corrected chi connectivity index (χ2v) is 4.29. The van der Waals surface area contributed by atoms with E-state index in [0.29, 0.717) is 19.4 Å². The van der Waals surface area contributed by atoms with Gasteiger partial charge in [-0.05, 0) is 12.8 Å². The van der Waals surface area contributed by atoms with Crippen molar-refractivity contribution in [3.05, 3.63) is 0 Å². The Morgan fingerprint density at radius 1 is 1.44 bits per heavy atom. The van der Waals surface area contributed by atoms with Gasteiger partial charge in [-0.2, -0.15) is 13.2 Å². The molecule has 1 spiro atoms. The summed E-state index contributed by atoms with van der Waals surface area (Å²) in [5.41, 5.74) is -0.765. The molecule has 2 rings (SSSR count). The van der Waals surface area contributed by atoms with Gasteiger partial charge in [-0.15, -0.1) is 0 Å². The van der Waals surface area contributed by atoms with Crippen LogP contribution >= 0.6 is 0 Å². The molecular weight excluding hydrogens is 225 g/mol. The molecule has 1 N–H and O–H groups in total. The number of carbonyl (C=O) groups excluding carboxylic acids is 2. The summed E-state index contributed by atoms with van der Waals surface area (Å²) in [4.78, 5) is 23.1. The molecule has 2 saturated heterocycles. The molecule has 1 unspecified atom stereocenters. The van der Waals surface area contributed by atoms with Crippen LogP contribution in [0.15, 0.2) is 0 Å². The first kappa shape index (κ1) is 11.2. The monoisotopic (exact) mass is 236 g/mol. The highest BCUT2D eigenvalue weighted by molar-refractivity contribution is 5.90. The maximum Gasteiger partial charge on any atom is 0.471 e. The van der Waals surface area contributed by atoms with Crippen LogP contribution in [0.5, 0.6) is 0 Å². The third-order valence-electron chi connectivity index (χ3n) is 3.18. The number of nitrogens with zero attached hydrogens (tertiary/aromatic N) is 1. The molecule has 0 bridgehead atoms. The van der Waals surface area contributed by atoms with E-state index in [1.807, 2.05) is 0 Å². The van der Waals surface area contributed by atoms with Crippen molar-refractivity contribution < 1.29 is 22.8 Å². The van der Waals surface area contributed by atoms with Crippen LogP contribution in [-0.2, 0) is 9.59 Å². The van der Waals surface area contributed by atoms with Crippen LogP contribution in [0.2, 0.25) is 0 Å². The number of rotatable bonds is 0. The summed E-state index contributed by atoms with van der Waals surface area (Å²) in [6, 6.07) is 0. The molecule has 0 aliphatic carbocycles. The van der Waals surface area contributed by atoms with Gasteiger partial charge in [0.1, 0.15) is 0 Å². The minimum atomic E-state index is -4.85. The van der Waals surface area contributed by atoms with E-state index >= 15 is 0 Å². The van der Waals surface area contributed by atoms with Crippen LogP contribution in [0.1, 0.15) is 12.8 Å². The lowest BCUT2D eigenvalue weighted by molar-refractivity contribution is -0.190.